The Balaban J connectivity index is 0. The Kier molecular flexibility index (Phi) is 9.15. The fourth-order valence-electron chi connectivity index (χ4n) is 0.416. The summed E-state index contributed by atoms with van der Waals surface area (Å²) in [4.78, 5) is 10.1. The van der Waals surface area contributed by atoms with Crippen molar-refractivity contribution in [3.63, 3.8) is 0 Å². The van der Waals surface area contributed by atoms with Crippen LogP contribution in [-0.4, -0.2) is 17.0 Å². The van der Waals surface area contributed by atoms with Crippen LogP contribution in [0.25, 0.3) is 0 Å². The first-order chi connectivity index (χ1) is 3.13. The van der Waals surface area contributed by atoms with Crippen molar-refractivity contribution in [3.8, 4) is 0 Å². The minimum atomic E-state index is -0.475. The largest absolute Gasteiger partial charge is 0.393 e. The molecule has 1 atom stereocenters. The van der Waals surface area contributed by atoms with Gasteiger partial charge in [0.2, 0.25) is 0 Å². The Bertz CT molecular complexity index is 70.8. The van der Waals surface area contributed by atoms with Gasteiger partial charge >= 0.3 is 0 Å². The van der Waals surface area contributed by atoms with Crippen molar-refractivity contribution in [3.05, 3.63) is 0 Å². The van der Waals surface area contributed by atoms with Crippen molar-refractivity contribution >= 4 is 5.78 Å². The van der Waals surface area contributed by atoms with Crippen LogP contribution in [0.5, 0.6) is 0 Å². The maximum Gasteiger partial charge on any atom is 0.132 e. The zero-order chi connectivity index (χ0) is 5.86. The van der Waals surface area contributed by atoms with Gasteiger partial charge in [-0.05, 0) is 13.8 Å². The molecule has 1 radical (unpaired) electrons. The van der Waals surface area contributed by atoms with Gasteiger partial charge in [-0.15, -0.1) is 0 Å². The van der Waals surface area contributed by atoms with Gasteiger partial charge in [0.15, 0.2) is 0 Å². The molecule has 0 aromatic heterocycles. The molecule has 0 bridgehead atoms. The number of aliphatic hydroxyl groups excluding tert-OH is 1. The van der Waals surface area contributed by atoms with Crippen LogP contribution < -0.4 is 0 Å². The van der Waals surface area contributed by atoms with Crippen LogP contribution in [0.1, 0.15) is 20.3 Å². The quantitative estimate of drug-likeness (QED) is 0.794. The van der Waals surface area contributed by atoms with E-state index in [2.05, 4.69) is 0 Å². The van der Waals surface area contributed by atoms with E-state index in [4.69, 9.17) is 5.11 Å². The third kappa shape index (κ3) is 10.1. The van der Waals surface area contributed by atoms with Gasteiger partial charge in [-0.3, -0.25) is 4.79 Å². The Morgan fingerprint density at radius 3 is 2.12 bits per heavy atom. The molecular formula is C5H10AcO2. The molecule has 8 heavy (non-hydrogen) atoms. The van der Waals surface area contributed by atoms with Crippen molar-refractivity contribution in [2.45, 2.75) is 26.4 Å². The predicted octanol–water partition coefficient (Wildman–Crippen LogP) is 0.346. The van der Waals surface area contributed by atoms with Gasteiger partial charge in [-0.25, -0.2) is 0 Å². The summed E-state index contributed by atoms with van der Waals surface area (Å²) in [7, 11) is 0. The number of carbonyl (C=O) groups excluding carboxylic acids is 1. The number of carbonyl (C=O) groups is 1. The van der Waals surface area contributed by atoms with Gasteiger partial charge in [0, 0.05) is 50.5 Å². The normalized spacial score (nSPS) is 11.9. The fourth-order valence-corrected chi connectivity index (χ4v) is 0.416. The minimum absolute atomic E-state index is 0. The molecule has 0 heterocycles. The Hall–Kier alpha value is 1.07. The van der Waals surface area contributed by atoms with E-state index in [0.717, 1.165) is 0 Å². The van der Waals surface area contributed by atoms with E-state index in [0.29, 0.717) is 0 Å². The molecule has 0 aliphatic heterocycles. The second-order valence-corrected chi connectivity index (χ2v) is 1.76. The molecule has 0 saturated carbocycles. The summed E-state index contributed by atoms with van der Waals surface area (Å²) in [5.74, 6) is 0.0370. The maximum absolute atomic E-state index is 10.1. The molecule has 1 unspecified atom stereocenters. The number of aliphatic hydroxyl groups is 1. The van der Waals surface area contributed by atoms with Crippen LogP contribution in [0.15, 0.2) is 0 Å². The summed E-state index contributed by atoms with van der Waals surface area (Å²) in [5, 5.41) is 8.50. The number of hydrogen-bond acceptors (Lipinski definition) is 2. The third-order valence-corrected chi connectivity index (χ3v) is 0.583. The first-order valence-electron chi connectivity index (χ1n) is 2.30. The Morgan fingerprint density at radius 1 is 1.75 bits per heavy atom. The average Bonchev–Trinajstić information content (AvgIpc) is 1.27. The van der Waals surface area contributed by atoms with Crippen LogP contribution in [-0.2, 0) is 4.79 Å². The molecule has 1 N–H and O–H groups in total. The summed E-state index contributed by atoms with van der Waals surface area (Å²) in [6.45, 7) is 3.06. The third-order valence-electron chi connectivity index (χ3n) is 0.583. The summed E-state index contributed by atoms with van der Waals surface area (Å²) in [6, 6.07) is 0. The van der Waals surface area contributed by atoms with Crippen molar-refractivity contribution < 1.29 is 54.0 Å². The Morgan fingerprint density at radius 2 is 2.12 bits per heavy atom. The molecule has 0 saturated heterocycles. The van der Waals surface area contributed by atoms with E-state index in [9.17, 15) is 4.79 Å². The van der Waals surface area contributed by atoms with Crippen LogP contribution in [0, 0.1) is 44.1 Å². The van der Waals surface area contributed by atoms with Crippen molar-refractivity contribution in [2.24, 2.45) is 0 Å². The van der Waals surface area contributed by atoms with E-state index in [-0.39, 0.29) is 56.3 Å². The fraction of sp³-hybridized carbons (Fsp3) is 0.800. The first kappa shape index (κ1) is 11.8. The SMILES string of the molecule is CC(=O)CC(C)O.[Ac]. The second-order valence-electron chi connectivity index (χ2n) is 1.76. The summed E-state index contributed by atoms with van der Waals surface area (Å²) < 4.78 is 0. The van der Waals surface area contributed by atoms with E-state index in [1.54, 1.807) is 6.92 Å². The second kappa shape index (κ2) is 6.20. The number of Topliss-reactive ketones (excluding diaryl/α,β-unsaturated/α-hetero) is 1. The van der Waals surface area contributed by atoms with Crippen LogP contribution in [0.2, 0.25) is 0 Å². The van der Waals surface area contributed by atoms with Gasteiger partial charge in [-0.2, -0.15) is 0 Å². The molecule has 0 fully saturated rings. The van der Waals surface area contributed by atoms with Gasteiger partial charge in [-0.1, -0.05) is 0 Å². The van der Waals surface area contributed by atoms with E-state index in [1.807, 2.05) is 0 Å². The zero-order valence-corrected chi connectivity index (χ0v) is 9.96. The van der Waals surface area contributed by atoms with Crippen LogP contribution in [0.3, 0.4) is 0 Å². The zero-order valence-electron chi connectivity index (χ0n) is 5.22. The standard InChI is InChI=1S/C5H10O2.Ac/c1-4(6)3-5(2)7;/h4,6H,3H2,1-2H3;. The molecule has 0 aromatic carbocycles. The average molecular weight is 329 g/mol. The minimum Gasteiger partial charge on any atom is -0.393 e. The van der Waals surface area contributed by atoms with Gasteiger partial charge < -0.3 is 5.11 Å². The van der Waals surface area contributed by atoms with Gasteiger partial charge in [0.25, 0.3) is 0 Å². The molecule has 0 spiro atoms. The molecule has 45 valence electrons. The number of hydrogen-bond donors (Lipinski definition) is 1. The predicted molar refractivity (Wildman–Crippen MR) is 27.0 cm³/mol. The van der Waals surface area contributed by atoms with Crippen molar-refractivity contribution in [1.29, 1.82) is 0 Å². The summed E-state index contributed by atoms with van der Waals surface area (Å²) in [6.07, 6.45) is -0.197. The smallest absolute Gasteiger partial charge is 0.132 e. The van der Waals surface area contributed by atoms with E-state index < -0.39 is 6.10 Å². The molecule has 0 aliphatic carbocycles. The monoisotopic (exact) mass is 329 g/mol. The van der Waals surface area contributed by atoms with Gasteiger partial charge in [0.05, 0.1) is 6.10 Å². The number of rotatable bonds is 2. The first-order valence-corrected chi connectivity index (χ1v) is 2.30. The molecule has 3 heteroatoms. The van der Waals surface area contributed by atoms with Crippen LogP contribution in [0.4, 0.5) is 0 Å². The molecular weight excluding hydrogens is 319 g/mol. The van der Waals surface area contributed by atoms with Crippen molar-refractivity contribution in [1.82, 2.24) is 0 Å². The topological polar surface area (TPSA) is 37.3 Å². The van der Waals surface area contributed by atoms with E-state index in [1.165, 1.54) is 6.92 Å². The number of ketones is 1. The molecule has 0 amide bonds. The summed E-state index contributed by atoms with van der Waals surface area (Å²) >= 11 is 0. The maximum atomic E-state index is 10.1. The Labute approximate surface area is 85.2 Å². The molecule has 0 aromatic rings. The molecule has 0 aliphatic rings. The molecule has 2 nitrogen and oxygen atoms in total. The molecule has 0 rings (SSSR count). The summed E-state index contributed by atoms with van der Waals surface area (Å²) in [5.41, 5.74) is 0. The van der Waals surface area contributed by atoms with Gasteiger partial charge in [0.1, 0.15) is 5.78 Å². The van der Waals surface area contributed by atoms with Crippen LogP contribution >= 0.6 is 0 Å². The van der Waals surface area contributed by atoms with E-state index >= 15 is 0 Å². The van der Waals surface area contributed by atoms with Crippen molar-refractivity contribution in [2.75, 3.05) is 0 Å².